The summed E-state index contributed by atoms with van der Waals surface area (Å²) >= 11 is 0. The van der Waals surface area contributed by atoms with Crippen molar-refractivity contribution in [2.75, 3.05) is 13.1 Å². The van der Waals surface area contributed by atoms with Crippen molar-refractivity contribution < 1.29 is 0 Å². The molecule has 0 spiro atoms. The summed E-state index contributed by atoms with van der Waals surface area (Å²) in [5, 5.41) is 4.54. The van der Waals surface area contributed by atoms with Crippen LogP contribution in [0.3, 0.4) is 0 Å². The molecule has 2 rings (SSSR count). The molecule has 0 radical (unpaired) electrons. The Morgan fingerprint density at radius 1 is 1.00 bits per heavy atom. The highest BCUT2D eigenvalue weighted by Gasteiger charge is 2.15. The molecule has 1 aliphatic rings. The minimum absolute atomic E-state index is 0.985. The summed E-state index contributed by atoms with van der Waals surface area (Å²) in [6.45, 7) is 6.33. The fourth-order valence-electron chi connectivity index (χ4n) is 2.02. The third-order valence-electron chi connectivity index (χ3n) is 2.79. The van der Waals surface area contributed by atoms with Crippen LogP contribution in [0.2, 0.25) is 0 Å². The van der Waals surface area contributed by atoms with Gasteiger partial charge < -0.3 is 0 Å². The predicted molar refractivity (Wildman–Crippen MR) is 68.3 cm³/mol. The van der Waals surface area contributed by atoms with E-state index in [0.29, 0.717) is 0 Å². The lowest BCUT2D eigenvalue weighted by Gasteiger charge is -2.38. The largest absolute Gasteiger partial charge is 0.293 e. The molecule has 0 atom stereocenters. The van der Waals surface area contributed by atoms with Gasteiger partial charge in [0.2, 0.25) is 0 Å². The third kappa shape index (κ3) is 1.96. The van der Waals surface area contributed by atoms with Gasteiger partial charge in [0.15, 0.2) is 0 Å². The molecule has 0 saturated carbocycles. The van der Waals surface area contributed by atoms with Gasteiger partial charge in [-0.1, -0.05) is 30.3 Å². The van der Waals surface area contributed by atoms with Crippen LogP contribution in [-0.2, 0) is 0 Å². The van der Waals surface area contributed by atoms with Gasteiger partial charge in [-0.25, -0.2) is 0 Å². The molecule has 0 bridgehead atoms. The minimum Gasteiger partial charge on any atom is -0.293 e. The lowest BCUT2D eigenvalue weighted by molar-refractivity contribution is 0.100. The maximum Gasteiger partial charge on any atom is 0.0646 e. The van der Waals surface area contributed by atoms with E-state index in [1.807, 2.05) is 0 Å². The molecule has 16 heavy (non-hydrogen) atoms. The fourth-order valence-corrected chi connectivity index (χ4v) is 2.02. The first kappa shape index (κ1) is 10.8. The molecule has 0 N–H and O–H groups in total. The van der Waals surface area contributed by atoms with Crippen molar-refractivity contribution in [2.24, 2.45) is 0 Å². The van der Waals surface area contributed by atoms with E-state index >= 15 is 0 Å². The number of nitrogens with zero attached hydrogens (tertiary/aromatic N) is 2. The van der Waals surface area contributed by atoms with Crippen LogP contribution in [0, 0.1) is 0 Å². The molecule has 0 aliphatic carbocycles. The Morgan fingerprint density at radius 2 is 1.75 bits per heavy atom. The molecule has 0 aromatic heterocycles. The van der Waals surface area contributed by atoms with Crippen LogP contribution in [0.25, 0.3) is 5.70 Å². The number of allylic oxidation sites excluding steroid dienone is 2. The Morgan fingerprint density at radius 3 is 2.38 bits per heavy atom. The van der Waals surface area contributed by atoms with Gasteiger partial charge >= 0.3 is 0 Å². The number of benzene rings is 1. The lowest BCUT2D eigenvalue weighted by atomic mass is 10.1. The molecule has 1 heterocycles. The average molecular weight is 214 g/mol. The van der Waals surface area contributed by atoms with Gasteiger partial charge in [-0.3, -0.25) is 10.0 Å². The van der Waals surface area contributed by atoms with Gasteiger partial charge in [0.25, 0.3) is 0 Å². The first-order valence-electron chi connectivity index (χ1n) is 5.84. The molecule has 1 aliphatic heterocycles. The molecule has 1 aromatic carbocycles. The summed E-state index contributed by atoms with van der Waals surface area (Å²) < 4.78 is 0. The highest BCUT2D eigenvalue weighted by molar-refractivity contribution is 5.66. The van der Waals surface area contributed by atoms with E-state index in [-0.39, 0.29) is 0 Å². The molecule has 84 valence electrons. The van der Waals surface area contributed by atoms with E-state index < -0.39 is 0 Å². The highest BCUT2D eigenvalue weighted by atomic mass is 15.6. The second-order valence-corrected chi connectivity index (χ2v) is 3.73. The number of hydrazine groups is 1. The quantitative estimate of drug-likeness (QED) is 0.762. The second kappa shape index (κ2) is 4.88. The van der Waals surface area contributed by atoms with Gasteiger partial charge in [0.1, 0.15) is 0 Å². The monoisotopic (exact) mass is 214 g/mol. The Hall–Kier alpha value is -1.70. The van der Waals surface area contributed by atoms with Crippen LogP contribution in [0.15, 0.2) is 48.7 Å². The van der Waals surface area contributed by atoms with E-state index in [1.165, 1.54) is 11.3 Å². The average Bonchev–Trinajstić information content (AvgIpc) is 2.38. The van der Waals surface area contributed by atoms with Gasteiger partial charge in [-0.15, -0.1) is 0 Å². The van der Waals surface area contributed by atoms with Gasteiger partial charge in [-0.2, -0.15) is 0 Å². The Kier molecular flexibility index (Phi) is 3.30. The number of hydrogen-bond acceptors (Lipinski definition) is 2. The predicted octanol–water partition coefficient (Wildman–Crippen LogP) is 3.11. The van der Waals surface area contributed by atoms with Crippen molar-refractivity contribution >= 4 is 5.70 Å². The molecule has 0 saturated heterocycles. The van der Waals surface area contributed by atoms with Crippen molar-refractivity contribution in [3.8, 4) is 0 Å². The van der Waals surface area contributed by atoms with E-state index in [4.69, 9.17) is 0 Å². The first-order valence-corrected chi connectivity index (χ1v) is 5.84. The standard InChI is InChI=1S/C14H18N2/c1-3-15-12-8-11-14(16(15)4-2)13-9-6-5-7-10-13/h5-12H,3-4H2,1-2H3. The highest BCUT2D eigenvalue weighted by Crippen LogP contribution is 2.23. The molecule has 0 fully saturated rings. The van der Waals surface area contributed by atoms with Crippen LogP contribution in [0.4, 0.5) is 0 Å². The Labute approximate surface area is 97.5 Å². The van der Waals surface area contributed by atoms with E-state index in [9.17, 15) is 0 Å². The van der Waals surface area contributed by atoms with Crippen molar-refractivity contribution in [1.29, 1.82) is 0 Å². The van der Waals surface area contributed by atoms with Gasteiger partial charge in [-0.05, 0) is 31.6 Å². The van der Waals surface area contributed by atoms with Crippen LogP contribution >= 0.6 is 0 Å². The topological polar surface area (TPSA) is 6.48 Å². The minimum atomic E-state index is 0.985. The second-order valence-electron chi connectivity index (χ2n) is 3.73. The Balaban J connectivity index is 2.33. The molecular weight excluding hydrogens is 196 g/mol. The van der Waals surface area contributed by atoms with Crippen LogP contribution in [-0.4, -0.2) is 23.1 Å². The molecule has 0 unspecified atom stereocenters. The first-order chi connectivity index (χ1) is 7.86. The van der Waals surface area contributed by atoms with E-state index in [1.54, 1.807) is 0 Å². The molecule has 2 heteroatoms. The molecule has 0 amide bonds. The summed E-state index contributed by atoms with van der Waals surface area (Å²) in [5.74, 6) is 0. The zero-order chi connectivity index (χ0) is 11.4. The fraction of sp³-hybridized carbons (Fsp3) is 0.286. The van der Waals surface area contributed by atoms with Crippen LogP contribution in [0.1, 0.15) is 19.4 Å². The van der Waals surface area contributed by atoms with Gasteiger partial charge in [0.05, 0.1) is 5.70 Å². The smallest absolute Gasteiger partial charge is 0.0646 e. The van der Waals surface area contributed by atoms with Crippen molar-refractivity contribution in [3.05, 3.63) is 54.2 Å². The third-order valence-corrected chi connectivity index (χ3v) is 2.79. The van der Waals surface area contributed by atoms with E-state index in [0.717, 1.165) is 13.1 Å². The maximum atomic E-state index is 2.30. The number of rotatable bonds is 3. The van der Waals surface area contributed by atoms with Crippen LogP contribution < -0.4 is 0 Å². The summed E-state index contributed by atoms with van der Waals surface area (Å²) in [6.07, 6.45) is 6.40. The Bertz CT molecular complexity index is 392. The SMILES string of the molecule is CCN1C=CC=C(c2ccccc2)N1CC. The summed E-state index contributed by atoms with van der Waals surface area (Å²) in [6, 6.07) is 10.5. The summed E-state index contributed by atoms with van der Waals surface area (Å²) in [4.78, 5) is 0. The van der Waals surface area contributed by atoms with Crippen LogP contribution in [0.5, 0.6) is 0 Å². The van der Waals surface area contributed by atoms with Crippen molar-refractivity contribution in [1.82, 2.24) is 10.0 Å². The van der Waals surface area contributed by atoms with Gasteiger partial charge in [0, 0.05) is 19.3 Å². The van der Waals surface area contributed by atoms with E-state index in [2.05, 4.69) is 72.5 Å². The maximum absolute atomic E-state index is 2.30. The zero-order valence-corrected chi connectivity index (χ0v) is 9.93. The molecule has 1 aromatic rings. The zero-order valence-electron chi connectivity index (χ0n) is 9.93. The summed E-state index contributed by atoms with van der Waals surface area (Å²) in [7, 11) is 0. The normalized spacial score (nSPS) is 15.2. The number of hydrogen-bond donors (Lipinski definition) is 0. The molecule has 2 nitrogen and oxygen atoms in total. The lowest BCUT2D eigenvalue weighted by Crippen LogP contribution is -2.38. The molecular formula is C14H18N2. The van der Waals surface area contributed by atoms with Crippen molar-refractivity contribution in [3.63, 3.8) is 0 Å². The summed E-state index contributed by atoms with van der Waals surface area (Å²) in [5.41, 5.74) is 2.54. The van der Waals surface area contributed by atoms with Crippen molar-refractivity contribution in [2.45, 2.75) is 13.8 Å².